The first-order valence-electron chi connectivity index (χ1n) is 3.80. The van der Waals surface area contributed by atoms with E-state index in [4.69, 9.17) is 11.6 Å². The predicted octanol–water partition coefficient (Wildman–Crippen LogP) is 2.87. The predicted molar refractivity (Wildman–Crippen MR) is 48.4 cm³/mol. The Labute approximate surface area is 71.4 Å². The molecule has 2 rings (SSSR count). The topological polar surface area (TPSA) is 12.0 Å². The minimum Gasteiger partial charge on any atom is -0.384 e. The molecule has 1 aliphatic heterocycles. The maximum Gasteiger partial charge on any atom is 0.0410 e. The average molecular weight is 168 g/mol. The Morgan fingerprint density at radius 3 is 3.18 bits per heavy atom. The van der Waals surface area contributed by atoms with Crippen LogP contribution in [0.5, 0.6) is 0 Å². The lowest BCUT2D eigenvalue weighted by atomic mass is 10.0. The molecule has 0 fully saturated rings. The largest absolute Gasteiger partial charge is 0.384 e. The van der Waals surface area contributed by atoms with Crippen LogP contribution in [0.2, 0.25) is 5.02 Å². The van der Waals surface area contributed by atoms with Gasteiger partial charge in [-0.3, -0.25) is 0 Å². The molecule has 0 radical (unpaired) electrons. The number of hydrogen-bond donors (Lipinski definition) is 1. The summed E-state index contributed by atoms with van der Waals surface area (Å²) in [5, 5.41) is 4.15. The van der Waals surface area contributed by atoms with Crippen LogP contribution in [0, 0.1) is 0 Å². The second-order valence-electron chi connectivity index (χ2n) is 3.01. The second kappa shape index (κ2) is 2.42. The van der Waals surface area contributed by atoms with Gasteiger partial charge in [0, 0.05) is 23.2 Å². The van der Waals surface area contributed by atoms with E-state index in [1.807, 2.05) is 18.2 Å². The van der Waals surface area contributed by atoms with E-state index in [-0.39, 0.29) is 0 Å². The third-order valence-corrected chi connectivity index (χ3v) is 2.38. The molecular formula is C9H10ClN. The van der Waals surface area contributed by atoms with E-state index in [9.17, 15) is 0 Å². The molecular weight excluding hydrogens is 158 g/mol. The highest BCUT2D eigenvalue weighted by Crippen LogP contribution is 2.32. The highest BCUT2D eigenvalue weighted by Gasteiger charge is 2.17. The minimum atomic E-state index is 0.601. The highest BCUT2D eigenvalue weighted by atomic mass is 35.5. The van der Waals surface area contributed by atoms with Gasteiger partial charge in [0.05, 0.1) is 0 Å². The molecule has 0 spiro atoms. The zero-order chi connectivity index (χ0) is 7.84. The highest BCUT2D eigenvalue weighted by molar-refractivity contribution is 6.30. The van der Waals surface area contributed by atoms with Crippen LogP contribution >= 0.6 is 11.6 Å². The van der Waals surface area contributed by atoms with Gasteiger partial charge in [-0.15, -0.1) is 0 Å². The van der Waals surface area contributed by atoms with Gasteiger partial charge < -0.3 is 5.32 Å². The van der Waals surface area contributed by atoms with Crippen molar-refractivity contribution in [1.29, 1.82) is 0 Å². The SMILES string of the molecule is C[C@@H]1CNc2ccc(Cl)cc21. The van der Waals surface area contributed by atoms with Gasteiger partial charge in [0.15, 0.2) is 0 Å². The monoisotopic (exact) mass is 167 g/mol. The summed E-state index contributed by atoms with van der Waals surface area (Å²) in [5.41, 5.74) is 2.58. The molecule has 58 valence electrons. The van der Waals surface area contributed by atoms with E-state index in [0.717, 1.165) is 11.6 Å². The number of nitrogens with one attached hydrogen (secondary N) is 1. The Hall–Kier alpha value is -0.690. The van der Waals surface area contributed by atoms with Gasteiger partial charge >= 0.3 is 0 Å². The van der Waals surface area contributed by atoms with Gasteiger partial charge in [0.25, 0.3) is 0 Å². The first-order valence-corrected chi connectivity index (χ1v) is 4.18. The van der Waals surface area contributed by atoms with Gasteiger partial charge in [-0.25, -0.2) is 0 Å². The Kier molecular flexibility index (Phi) is 1.53. The van der Waals surface area contributed by atoms with Crippen molar-refractivity contribution in [3.63, 3.8) is 0 Å². The van der Waals surface area contributed by atoms with E-state index in [0.29, 0.717) is 5.92 Å². The van der Waals surface area contributed by atoms with Crippen LogP contribution in [-0.4, -0.2) is 6.54 Å². The molecule has 0 saturated carbocycles. The molecule has 1 aromatic carbocycles. The van der Waals surface area contributed by atoms with Crippen molar-refractivity contribution in [2.75, 3.05) is 11.9 Å². The normalized spacial score (nSPS) is 21.1. The van der Waals surface area contributed by atoms with Crippen molar-refractivity contribution in [1.82, 2.24) is 0 Å². The van der Waals surface area contributed by atoms with Crippen LogP contribution < -0.4 is 5.32 Å². The number of halogens is 1. The summed E-state index contributed by atoms with van der Waals surface area (Å²) in [5.74, 6) is 0.601. The maximum absolute atomic E-state index is 5.86. The smallest absolute Gasteiger partial charge is 0.0410 e. The molecule has 1 nitrogen and oxygen atoms in total. The van der Waals surface area contributed by atoms with Crippen molar-refractivity contribution in [2.45, 2.75) is 12.8 Å². The summed E-state index contributed by atoms with van der Waals surface area (Å²) >= 11 is 5.86. The molecule has 0 saturated heterocycles. The molecule has 1 aromatic rings. The van der Waals surface area contributed by atoms with Crippen LogP contribution in [-0.2, 0) is 0 Å². The summed E-state index contributed by atoms with van der Waals surface area (Å²) in [7, 11) is 0. The van der Waals surface area contributed by atoms with Crippen molar-refractivity contribution in [2.24, 2.45) is 0 Å². The first-order chi connectivity index (χ1) is 5.27. The van der Waals surface area contributed by atoms with E-state index in [2.05, 4.69) is 12.2 Å². The van der Waals surface area contributed by atoms with Crippen molar-refractivity contribution < 1.29 is 0 Å². The number of benzene rings is 1. The molecule has 1 N–H and O–H groups in total. The summed E-state index contributed by atoms with van der Waals surface area (Å²) in [6, 6.07) is 6.01. The van der Waals surface area contributed by atoms with E-state index >= 15 is 0 Å². The standard InChI is InChI=1S/C9H10ClN/c1-6-5-11-9-3-2-7(10)4-8(6)9/h2-4,6,11H,5H2,1H3/t6-/m1/s1. The van der Waals surface area contributed by atoms with Crippen LogP contribution in [0.1, 0.15) is 18.4 Å². The maximum atomic E-state index is 5.86. The van der Waals surface area contributed by atoms with Gasteiger partial charge in [-0.2, -0.15) is 0 Å². The molecule has 2 heteroatoms. The fourth-order valence-corrected chi connectivity index (χ4v) is 1.66. The minimum absolute atomic E-state index is 0.601. The summed E-state index contributed by atoms with van der Waals surface area (Å²) in [4.78, 5) is 0. The quantitative estimate of drug-likeness (QED) is 0.627. The lowest BCUT2D eigenvalue weighted by Gasteiger charge is -2.01. The van der Waals surface area contributed by atoms with Crippen LogP contribution in [0.3, 0.4) is 0 Å². The molecule has 0 bridgehead atoms. The van der Waals surface area contributed by atoms with E-state index in [1.165, 1.54) is 11.3 Å². The van der Waals surface area contributed by atoms with E-state index < -0.39 is 0 Å². The fraction of sp³-hybridized carbons (Fsp3) is 0.333. The van der Waals surface area contributed by atoms with Crippen molar-refractivity contribution in [3.8, 4) is 0 Å². The Morgan fingerprint density at radius 2 is 2.36 bits per heavy atom. The number of fused-ring (bicyclic) bond motifs is 1. The van der Waals surface area contributed by atoms with Gasteiger partial charge in [-0.05, 0) is 23.8 Å². The van der Waals surface area contributed by atoms with Crippen LogP contribution in [0.15, 0.2) is 18.2 Å². The molecule has 1 atom stereocenters. The van der Waals surface area contributed by atoms with Gasteiger partial charge in [0.1, 0.15) is 0 Å². The lowest BCUT2D eigenvalue weighted by Crippen LogP contribution is -1.95. The number of hydrogen-bond acceptors (Lipinski definition) is 1. The Morgan fingerprint density at radius 1 is 1.55 bits per heavy atom. The average Bonchev–Trinajstić information content (AvgIpc) is 2.33. The molecule has 11 heavy (non-hydrogen) atoms. The summed E-state index contributed by atoms with van der Waals surface area (Å²) in [6.07, 6.45) is 0. The number of rotatable bonds is 0. The number of anilines is 1. The first kappa shape index (κ1) is 6.99. The summed E-state index contributed by atoms with van der Waals surface area (Å²) in [6.45, 7) is 3.24. The van der Waals surface area contributed by atoms with Gasteiger partial charge in [-0.1, -0.05) is 18.5 Å². The molecule has 0 aromatic heterocycles. The zero-order valence-electron chi connectivity index (χ0n) is 6.39. The van der Waals surface area contributed by atoms with Crippen LogP contribution in [0.25, 0.3) is 0 Å². The Bertz CT molecular complexity index is 283. The Balaban J connectivity index is 2.52. The molecule has 0 unspecified atom stereocenters. The van der Waals surface area contributed by atoms with Crippen LogP contribution in [0.4, 0.5) is 5.69 Å². The van der Waals surface area contributed by atoms with Gasteiger partial charge in [0.2, 0.25) is 0 Å². The third kappa shape index (κ3) is 1.10. The fourth-order valence-electron chi connectivity index (χ4n) is 1.48. The molecule has 1 heterocycles. The molecule has 1 aliphatic rings. The van der Waals surface area contributed by atoms with E-state index in [1.54, 1.807) is 0 Å². The third-order valence-electron chi connectivity index (χ3n) is 2.14. The summed E-state index contributed by atoms with van der Waals surface area (Å²) < 4.78 is 0. The van der Waals surface area contributed by atoms with Crippen molar-refractivity contribution in [3.05, 3.63) is 28.8 Å². The van der Waals surface area contributed by atoms with Crippen molar-refractivity contribution >= 4 is 17.3 Å². The zero-order valence-corrected chi connectivity index (χ0v) is 7.15. The molecule has 0 aliphatic carbocycles. The lowest BCUT2D eigenvalue weighted by molar-refractivity contribution is 0.854. The second-order valence-corrected chi connectivity index (χ2v) is 3.45. The molecule has 0 amide bonds.